The van der Waals surface area contributed by atoms with Gasteiger partial charge in [-0.3, -0.25) is 0 Å². The molecule has 2 nitrogen and oxygen atoms in total. The highest BCUT2D eigenvalue weighted by atomic mass is 14.9. The lowest BCUT2D eigenvalue weighted by atomic mass is 9.91. The maximum atomic E-state index is 3.48. The van der Waals surface area contributed by atoms with Crippen molar-refractivity contribution in [3.63, 3.8) is 0 Å². The highest BCUT2D eigenvalue weighted by molar-refractivity contribution is 5.09. The maximum Gasteiger partial charge on any atom is 0.0220 e. The van der Waals surface area contributed by atoms with Crippen molar-refractivity contribution >= 4 is 0 Å². The van der Waals surface area contributed by atoms with Gasteiger partial charge in [0.15, 0.2) is 0 Å². The molecule has 0 aliphatic heterocycles. The van der Waals surface area contributed by atoms with Crippen molar-refractivity contribution < 1.29 is 0 Å². The number of hydrogen-bond donors (Lipinski definition) is 1. The van der Waals surface area contributed by atoms with Crippen LogP contribution < -0.4 is 5.32 Å². The fourth-order valence-electron chi connectivity index (χ4n) is 2.03. The Morgan fingerprint density at radius 3 is 2.61 bits per heavy atom. The van der Waals surface area contributed by atoms with Crippen molar-refractivity contribution in [1.82, 2.24) is 9.88 Å². The van der Waals surface area contributed by atoms with Crippen molar-refractivity contribution in [2.75, 3.05) is 6.54 Å². The van der Waals surface area contributed by atoms with Crippen LogP contribution in [0, 0.1) is 11.3 Å². The zero-order chi connectivity index (χ0) is 13.6. The van der Waals surface area contributed by atoms with Gasteiger partial charge in [0.1, 0.15) is 0 Å². The fraction of sp³-hybridized carbons (Fsp3) is 0.750. The lowest BCUT2D eigenvalue weighted by molar-refractivity contribution is 0.353. The summed E-state index contributed by atoms with van der Waals surface area (Å²) in [5.41, 5.74) is 1.85. The van der Waals surface area contributed by atoms with Crippen LogP contribution in [0.25, 0.3) is 0 Å². The lowest BCUT2D eigenvalue weighted by Crippen LogP contribution is -2.18. The van der Waals surface area contributed by atoms with Gasteiger partial charge >= 0.3 is 0 Å². The topological polar surface area (TPSA) is 17.0 Å². The molecule has 0 saturated carbocycles. The zero-order valence-electron chi connectivity index (χ0n) is 12.8. The van der Waals surface area contributed by atoms with E-state index in [0.29, 0.717) is 5.41 Å². The summed E-state index contributed by atoms with van der Waals surface area (Å²) in [5.74, 6) is 0.721. The monoisotopic (exact) mass is 250 g/mol. The number of hydrogen-bond acceptors (Lipinski definition) is 1. The minimum atomic E-state index is 0.453. The summed E-state index contributed by atoms with van der Waals surface area (Å²) in [4.78, 5) is 0. The van der Waals surface area contributed by atoms with Crippen molar-refractivity contribution in [1.29, 1.82) is 0 Å². The van der Waals surface area contributed by atoms with E-state index in [2.05, 4.69) is 63.0 Å². The third-order valence-corrected chi connectivity index (χ3v) is 3.04. The van der Waals surface area contributed by atoms with E-state index in [0.717, 1.165) is 25.6 Å². The SMILES string of the molecule is CC(C)CNCc1ccn(CCCC(C)(C)C)c1. The summed E-state index contributed by atoms with van der Waals surface area (Å²) >= 11 is 0. The van der Waals surface area contributed by atoms with Crippen LogP contribution in [-0.2, 0) is 13.1 Å². The van der Waals surface area contributed by atoms with Crippen LogP contribution in [0.2, 0.25) is 0 Å². The molecule has 0 spiro atoms. The summed E-state index contributed by atoms with van der Waals surface area (Å²) in [5, 5.41) is 3.48. The molecule has 1 N–H and O–H groups in total. The Kier molecular flexibility index (Phi) is 5.94. The smallest absolute Gasteiger partial charge is 0.0220 e. The Labute approximate surface area is 113 Å². The van der Waals surface area contributed by atoms with Crippen LogP contribution in [0.15, 0.2) is 18.5 Å². The van der Waals surface area contributed by atoms with E-state index in [1.165, 1.54) is 18.4 Å². The van der Waals surface area contributed by atoms with Crippen LogP contribution in [-0.4, -0.2) is 11.1 Å². The second-order valence-corrected chi connectivity index (χ2v) is 6.95. The fourth-order valence-corrected chi connectivity index (χ4v) is 2.03. The first-order valence-corrected chi connectivity index (χ1v) is 7.22. The Morgan fingerprint density at radius 1 is 1.28 bits per heavy atom. The van der Waals surface area contributed by atoms with Crippen molar-refractivity contribution in [3.8, 4) is 0 Å². The molecule has 0 aromatic carbocycles. The van der Waals surface area contributed by atoms with E-state index >= 15 is 0 Å². The average molecular weight is 250 g/mol. The molecule has 1 rings (SSSR count). The summed E-state index contributed by atoms with van der Waals surface area (Å²) in [6.45, 7) is 14.6. The molecule has 104 valence electrons. The van der Waals surface area contributed by atoms with Crippen LogP contribution in [0.5, 0.6) is 0 Å². The van der Waals surface area contributed by atoms with Crippen LogP contribution >= 0.6 is 0 Å². The van der Waals surface area contributed by atoms with Crippen molar-refractivity contribution in [3.05, 3.63) is 24.0 Å². The third kappa shape index (κ3) is 6.85. The van der Waals surface area contributed by atoms with Crippen LogP contribution in [0.3, 0.4) is 0 Å². The molecule has 0 unspecified atom stereocenters. The summed E-state index contributed by atoms with van der Waals surface area (Å²) in [6.07, 6.45) is 7.02. The minimum Gasteiger partial charge on any atom is -0.354 e. The Balaban J connectivity index is 2.26. The van der Waals surface area contributed by atoms with E-state index < -0.39 is 0 Å². The zero-order valence-corrected chi connectivity index (χ0v) is 12.8. The molecule has 1 aromatic rings. The molecule has 0 fully saturated rings. The van der Waals surface area contributed by atoms with Crippen LogP contribution in [0.4, 0.5) is 0 Å². The molecule has 0 atom stereocenters. The first kappa shape index (κ1) is 15.3. The van der Waals surface area contributed by atoms with E-state index in [1.807, 2.05) is 0 Å². The molecule has 1 aromatic heterocycles. The first-order chi connectivity index (χ1) is 8.37. The van der Waals surface area contributed by atoms with Gasteiger partial charge in [-0.15, -0.1) is 0 Å². The van der Waals surface area contributed by atoms with Crippen molar-refractivity contribution in [2.45, 2.75) is 60.5 Å². The van der Waals surface area contributed by atoms with Gasteiger partial charge in [-0.05, 0) is 42.3 Å². The molecule has 18 heavy (non-hydrogen) atoms. The molecule has 0 aliphatic carbocycles. The van der Waals surface area contributed by atoms with Gasteiger partial charge in [-0.25, -0.2) is 0 Å². The minimum absolute atomic E-state index is 0.453. The first-order valence-electron chi connectivity index (χ1n) is 7.22. The predicted octanol–water partition coefficient (Wildman–Crippen LogP) is 4.06. The quantitative estimate of drug-likeness (QED) is 0.772. The number of rotatable bonds is 7. The van der Waals surface area contributed by atoms with Gasteiger partial charge in [0.05, 0.1) is 0 Å². The van der Waals surface area contributed by atoms with E-state index in [4.69, 9.17) is 0 Å². The van der Waals surface area contributed by atoms with Crippen LogP contribution in [0.1, 0.15) is 53.0 Å². The Bertz CT molecular complexity index is 331. The number of nitrogens with one attached hydrogen (secondary N) is 1. The average Bonchev–Trinajstić information content (AvgIpc) is 2.63. The van der Waals surface area contributed by atoms with Gasteiger partial charge in [0, 0.05) is 25.5 Å². The highest BCUT2D eigenvalue weighted by Crippen LogP contribution is 2.20. The second kappa shape index (κ2) is 6.98. The van der Waals surface area contributed by atoms with Gasteiger partial charge in [0.2, 0.25) is 0 Å². The molecule has 0 bridgehead atoms. The molecule has 2 heteroatoms. The van der Waals surface area contributed by atoms with Gasteiger partial charge in [-0.2, -0.15) is 0 Å². The standard InChI is InChI=1S/C16H30N2/c1-14(2)11-17-12-15-7-10-18(13-15)9-6-8-16(3,4)5/h7,10,13-14,17H,6,8-9,11-12H2,1-5H3. The molecular formula is C16H30N2. The van der Waals surface area contributed by atoms with E-state index in [1.54, 1.807) is 0 Å². The van der Waals surface area contributed by atoms with Gasteiger partial charge in [0.25, 0.3) is 0 Å². The van der Waals surface area contributed by atoms with E-state index in [9.17, 15) is 0 Å². The largest absolute Gasteiger partial charge is 0.354 e. The van der Waals surface area contributed by atoms with E-state index in [-0.39, 0.29) is 0 Å². The lowest BCUT2D eigenvalue weighted by Gasteiger charge is -2.17. The molecule has 0 saturated heterocycles. The summed E-state index contributed by atoms with van der Waals surface area (Å²) in [7, 11) is 0. The van der Waals surface area contributed by atoms with Gasteiger partial charge in [-0.1, -0.05) is 34.6 Å². The molecule has 1 heterocycles. The normalized spacial score (nSPS) is 12.3. The molecule has 0 amide bonds. The van der Waals surface area contributed by atoms with Gasteiger partial charge < -0.3 is 9.88 Å². The number of nitrogens with zero attached hydrogens (tertiary/aromatic N) is 1. The number of aromatic nitrogens is 1. The summed E-state index contributed by atoms with van der Waals surface area (Å²) in [6, 6.07) is 2.23. The molecule has 0 aliphatic rings. The summed E-state index contributed by atoms with van der Waals surface area (Å²) < 4.78 is 2.32. The number of aryl methyl sites for hydroxylation is 1. The molecule has 0 radical (unpaired) electrons. The Hall–Kier alpha value is -0.760. The maximum absolute atomic E-state index is 3.48. The molecular weight excluding hydrogens is 220 g/mol. The second-order valence-electron chi connectivity index (χ2n) is 6.95. The predicted molar refractivity (Wildman–Crippen MR) is 79.7 cm³/mol. The third-order valence-electron chi connectivity index (χ3n) is 3.04. The highest BCUT2D eigenvalue weighted by Gasteiger charge is 2.09. The van der Waals surface area contributed by atoms with Crippen molar-refractivity contribution in [2.24, 2.45) is 11.3 Å². The Morgan fingerprint density at radius 2 is 2.00 bits per heavy atom.